The van der Waals surface area contributed by atoms with E-state index in [0.717, 1.165) is 25.9 Å². The van der Waals surface area contributed by atoms with Gasteiger partial charge in [0.15, 0.2) is 0 Å². The topological polar surface area (TPSA) is 72.9 Å². The Morgan fingerprint density at radius 1 is 1.20 bits per heavy atom. The summed E-state index contributed by atoms with van der Waals surface area (Å²) in [6, 6.07) is -0.543. The Hall–Kier alpha value is -1.30. The number of nitrogens with zero attached hydrogens (tertiary/aromatic N) is 2. The molecule has 20 heavy (non-hydrogen) atoms. The normalized spacial score (nSPS) is 18.1. The second-order valence-corrected chi connectivity index (χ2v) is 5.60. The van der Waals surface area contributed by atoms with Crippen LogP contribution >= 0.6 is 0 Å². The number of rotatable bonds is 6. The lowest BCUT2D eigenvalue weighted by Crippen LogP contribution is -2.55. The number of carboxylic acid groups (broad SMARTS) is 1. The van der Waals surface area contributed by atoms with Gasteiger partial charge in [0.2, 0.25) is 0 Å². The van der Waals surface area contributed by atoms with Crippen LogP contribution in [0.4, 0.5) is 4.79 Å². The summed E-state index contributed by atoms with van der Waals surface area (Å²) < 4.78 is 0. The average Bonchev–Trinajstić information content (AvgIpc) is 2.42. The van der Waals surface area contributed by atoms with Gasteiger partial charge in [0.25, 0.3) is 0 Å². The fourth-order valence-corrected chi connectivity index (χ4v) is 2.35. The van der Waals surface area contributed by atoms with Gasteiger partial charge in [0, 0.05) is 32.2 Å². The largest absolute Gasteiger partial charge is 0.480 e. The van der Waals surface area contributed by atoms with Crippen molar-refractivity contribution in [1.29, 1.82) is 0 Å². The highest BCUT2D eigenvalue weighted by molar-refractivity contribution is 5.82. The highest BCUT2D eigenvalue weighted by Gasteiger charge is 2.26. The predicted molar refractivity (Wildman–Crippen MR) is 77.8 cm³/mol. The molecular formula is C14H27N3O3. The van der Waals surface area contributed by atoms with Gasteiger partial charge < -0.3 is 15.3 Å². The van der Waals surface area contributed by atoms with Crippen LogP contribution in [-0.2, 0) is 4.79 Å². The van der Waals surface area contributed by atoms with Gasteiger partial charge in [-0.05, 0) is 20.3 Å². The van der Waals surface area contributed by atoms with E-state index in [2.05, 4.69) is 24.1 Å². The molecule has 1 heterocycles. The molecule has 0 aliphatic carbocycles. The van der Waals surface area contributed by atoms with Crippen LogP contribution in [0.3, 0.4) is 0 Å². The second-order valence-electron chi connectivity index (χ2n) is 5.60. The molecule has 0 bridgehead atoms. The van der Waals surface area contributed by atoms with Crippen molar-refractivity contribution in [2.24, 2.45) is 0 Å². The highest BCUT2D eigenvalue weighted by Crippen LogP contribution is 2.07. The minimum Gasteiger partial charge on any atom is -0.480 e. The zero-order chi connectivity index (χ0) is 15.1. The third kappa shape index (κ3) is 5.00. The molecule has 1 rings (SSSR count). The Kier molecular flexibility index (Phi) is 6.78. The van der Waals surface area contributed by atoms with E-state index in [4.69, 9.17) is 5.11 Å². The van der Waals surface area contributed by atoms with Crippen LogP contribution in [0.1, 0.15) is 40.0 Å². The van der Waals surface area contributed by atoms with Crippen LogP contribution in [0.5, 0.6) is 0 Å². The molecule has 1 aliphatic rings. The molecule has 0 aromatic rings. The number of piperazine rings is 1. The zero-order valence-corrected chi connectivity index (χ0v) is 12.8. The van der Waals surface area contributed by atoms with E-state index < -0.39 is 12.0 Å². The van der Waals surface area contributed by atoms with Crippen LogP contribution < -0.4 is 5.32 Å². The molecule has 116 valence electrons. The summed E-state index contributed by atoms with van der Waals surface area (Å²) in [5.41, 5.74) is 0. The van der Waals surface area contributed by atoms with Crippen molar-refractivity contribution < 1.29 is 14.7 Å². The third-order valence-corrected chi connectivity index (χ3v) is 3.77. The van der Waals surface area contributed by atoms with Gasteiger partial charge in [-0.1, -0.05) is 19.8 Å². The lowest BCUT2D eigenvalue weighted by molar-refractivity contribution is -0.139. The molecular weight excluding hydrogens is 258 g/mol. The van der Waals surface area contributed by atoms with Crippen molar-refractivity contribution in [2.75, 3.05) is 26.2 Å². The van der Waals surface area contributed by atoms with E-state index in [1.54, 1.807) is 4.90 Å². The van der Waals surface area contributed by atoms with Crippen molar-refractivity contribution in [3.63, 3.8) is 0 Å². The first-order valence-electron chi connectivity index (χ1n) is 7.48. The number of hydrogen-bond donors (Lipinski definition) is 2. The van der Waals surface area contributed by atoms with Crippen molar-refractivity contribution >= 4 is 12.0 Å². The zero-order valence-electron chi connectivity index (χ0n) is 12.8. The molecule has 1 aliphatic heterocycles. The minimum atomic E-state index is -0.951. The molecule has 0 saturated carbocycles. The highest BCUT2D eigenvalue weighted by atomic mass is 16.4. The van der Waals surface area contributed by atoms with Crippen LogP contribution in [0.25, 0.3) is 0 Å². The Labute approximate surface area is 121 Å². The molecule has 2 amide bonds. The second kappa shape index (κ2) is 8.09. The van der Waals surface area contributed by atoms with Gasteiger partial charge in [0.05, 0.1) is 0 Å². The number of carboxylic acids is 1. The lowest BCUT2D eigenvalue weighted by atomic mass is 10.1. The smallest absolute Gasteiger partial charge is 0.326 e. The van der Waals surface area contributed by atoms with Gasteiger partial charge in [-0.15, -0.1) is 0 Å². The van der Waals surface area contributed by atoms with E-state index in [0.29, 0.717) is 25.6 Å². The van der Waals surface area contributed by atoms with Crippen molar-refractivity contribution in [1.82, 2.24) is 15.1 Å². The number of hydrogen-bond acceptors (Lipinski definition) is 3. The Balaban J connectivity index is 2.43. The summed E-state index contributed by atoms with van der Waals surface area (Å²) in [7, 11) is 0. The first-order valence-corrected chi connectivity index (χ1v) is 7.48. The Morgan fingerprint density at radius 2 is 1.80 bits per heavy atom. The fraction of sp³-hybridized carbons (Fsp3) is 0.857. The molecule has 6 heteroatoms. The summed E-state index contributed by atoms with van der Waals surface area (Å²) in [6.07, 6.45) is 2.22. The molecule has 0 aromatic carbocycles. The molecule has 1 fully saturated rings. The van der Waals surface area contributed by atoms with E-state index in [1.807, 2.05) is 6.92 Å². The molecule has 0 radical (unpaired) electrons. The molecule has 0 spiro atoms. The maximum absolute atomic E-state index is 12.1. The number of nitrogens with one attached hydrogen (secondary N) is 1. The van der Waals surface area contributed by atoms with Gasteiger partial charge >= 0.3 is 12.0 Å². The summed E-state index contributed by atoms with van der Waals surface area (Å²) >= 11 is 0. The Morgan fingerprint density at radius 3 is 2.25 bits per heavy atom. The summed E-state index contributed by atoms with van der Waals surface area (Å²) in [5, 5.41) is 11.8. The maximum atomic E-state index is 12.1. The van der Waals surface area contributed by atoms with E-state index >= 15 is 0 Å². The number of carbonyl (C=O) groups is 2. The molecule has 6 nitrogen and oxygen atoms in total. The van der Waals surface area contributed by atoms with Crippen LogP contribution in [0, 0.1) is 0 Å². The summed E-state index contributed by atoms with van der Waals surface area (Å²) in [6.45, 7) is 9.29. The molecule has 1 saturated heterocycles. The first kappa shape index (κ1) is 16.8. The minimum absolute atomic E-state index is 0.253. The van der Waals surface area contributed by atoms with Crippen LogP contribution in [-0.4, -0.2) is 65.2 Å². The van der Waals surface area contributed by atoms with E-state index in [-0.39, 0.29) is 6.03 Å². The number of aliphatic carboxylic acids is 1. The van der Waals surface area contributed by atoms with Crippen molar-refractivity contribution in [3.8, 4) is 0 Å². The maximum Gasteiger partial charge on any atom is 0.326 e. The van der Waals surface area contributed by atoms with Crippen LogP contribution in [0.15, 0.2) is 0 Å². The number of urea groups is 1. The SMILES string of the molecule is CCCC[C@H](NC(=O)N1CCN(C(C)C)CC1)C(=O)O. The molecule has 1 atom stereocenters. The number of amides is 2. The fourth-order valence-electron chi connectivity index (χ4n) is 2.35. The average molecular weight is 285 g/mol. The van der Waals surface area contributed by atoms with Gasteiger partial charge in [0.1, 0.15) is 6.04 Å². The number of unbranched alkanes of at least 4 members (excludes halogenated alkanes) is 1. The first-order chi connectivity index (χ1) is 9.45. The quantitative estimate of drug-likeness (QED) is 0.773. The monoisotopic (exact) mass is 285 g/mol. The lowest BCUT2D eigenvalue weighted by Gasteiger charge is -2.37. The third-order valence-electron chi connectivity index (χ3n) is 3.77. The summed E-state index contributed by atoms with van der Waals surface area (Å²) in [4.78, 5) is 27.2. The Bertz CT molecular complexity index is 326. The molecule has 0 aromatic heterocycles. The molecule has 0 unspecified atom stereocenters. The van der Waals surface area contributed by atoms with Gasteiger partial charge in [-0.2, -0.15) is 0 Å². The van der Waals surface area contributed by atoms with E-state index in [1.165, 1.54) is 0 Å². The van der Waals surface area contributed by atoms with Gasteiger partial charge in [-0.25, -0.2) is 9.59 Å². The van der Waals surface area contributed by atoms with Crippen molar-refractivity contribution in [3.05, 3.63) is 0 Å². The standard InChI is InChI=1S/C14H27N3O3/c1-4-5-6-12(13(18)19)15-14(20)17-9-7-16(8-10-17)11(2)3/h11-12H,4-10H2,1-3H3,(H,15,20)(H,18,19)/t12-/m0/s1. The van der Waals surface area contributed by atoms with Crippen LogP contribution in [0.2, 0.25) is 0 Å². The van der Waals surface area contributed by atoms with Crippen molar-refractivity contribution in [2.45, 2.75) is 52.1 Å². The summed E-state index contributed by atoms with van der Waals surface area (Å²) in [5.74, 6) is -0.951. The predicted octanol–water partition coefficient (Wildman–Crippen LogP) is 1.37. The number of carbonyl (C=O) groups excluding carboxylic acids is 1. The molecule has 2 N–H and O–H groups in total. The van der Waals surface area contributed by atoms with Gasteiger partial charge in [-0.3, -0.25) is 4.90 Å². The van der Waals surface area contributed by atoms with E-state index in [9.17, 15) is 9.59 Å².